The van der Waals surface area contributed by atoms with Crippen molar-refractivity contribution in [1.29, 1.82) is 0 Å². The van der Waals surface area contributed by atoms with E-state index in [4.69, 9.17) is 9.47 Å². The highest BCUT2D eigenvalue weighted by molar-refractivity contribution is 5.82. The van der Waals surface area contributed by atoms with Crippen LogP contribution in [0.3, 0.4) is 0 Å². The highest BCUT2D eigenvalue weighted by Gasteiger charge is 2.31. The van der Waals surface area contributed by atoms with Crippen molar-refractivity contribution in [2.45, 2.75) is 39.2 Å². The maximum atomic E-state index is 12.4. The number of ether oxygens (including phenoxy) is 2. The van der Waals surface area contributed by atoms with E-state index in [1.807, 2.05) is 45.0 Å². The van der Waals surface area contributed by atoms with Gasteiger partial charge in [0.25, 0.3) is 0 Å². The first-order valence-corrected chi connectivity index (χ1v) is 9.49. The summed E-state index contributed by atoms with van der Waals surface area (Å²) in [5.74, 6) is -0.485. The lowest BCUT2D eigenvalue weighted by Gasteiger charge is -2.25. The molecule has 0 bridgehead atoms. The number of carbonyl (C=O) groups excluding carboxylic acids is 2. The highest BCUT2D eigenvalue weighted by atomic mass is 16.6. The van der Waals surface area contributed by atoms with Gasteiger partial charge in [0.1, 0.15) is 12.6 Å². The molecule has 0 spiro atoms. The molecule has 0 saturated carbocycles. The average Bonchev–Trinajstić information content (AvgIpc) is 2.98. The molecule has 3 rings (SSSR count). The van der Waals surface area contributed by atoms with Crippen molar-refractivity contribution in [1.82, 2.24) is 5.32 Å². The van der Waals surface area contributed by atoms with Crippen molar-refractivity contribution >= 4 is 12.1 Å². The first-order chi connectivity index (χ1) is 13.3. The number of hydrogen-bond donors (Lipinski definition) is 1. The third-order valence-electron chi connectivity index (χ3n) is 4.94. The number of benzene rings is 2. The van der Waals surface area contributed by atoms with Crippen LogP contribution in [-0.4, -0.2) is 31.8 Å². The van der Waals surface area contributed by atoms with Crippen LogP contribution in [0.5, 0.6) is 0 Å². The van der Waals surface area contributed by atoms with Gasteiger partial charge in [-0.2, -0.15) is 0 Å². The summed E-state index contributed by atoms with van der Waals surface area (Å²) < 4.78 is 10.3. The number of rotatable bonds is 5. The summed E-state index contributed by atoms with van der Waals surface area (Å²) in [4.78, 5) is 24.4. The molecular weight excluding hydrogens is 354 g/mol. The van der Waals surface area contributed by atoms with Gasteiger partial charge in [0.15, 0.2) is 0 Å². The van der Waals surface area contributed by atoms with Gasteiger partial charge in [-0.1, -0.05) is 69.3 Å². The molecule has 0 radical (unpaired) electrons. The summed E-state index contributed by atoms with van der Waals surface area (Å²) >= 11 is 0. The smallest absolute Gasteiger partial charge is 0.407 e. The number of methoxy groups -OCH3 is 1. The zero-order chi connectivity index (χ0) is 20.3. The molecule has 0 unspecified atom stereocenters. The maximum Gasteiger partial charge on any atom is 0.407 e. The van der Waals surface area contributed by atoms with Gasteiger partial charge < -0.3 is 14.8 Å². The Labute approximate surface area is 166 Å². The van der Waals surface area contributed by atoms with Gasteiger partial charge >= 0.3 is 12.1 Å². The Bertz CT molecular complexity index is 823. The summed E-state index contributed by atoms with van der Waals surface area (Å²) in [5, 5.41) is 2.66. The van der Waals surface area contributed by atoms with Gasteiger partial charge in [0.05, 0.1) is 7.11 Å². The summed E-state index contributed by atoms with van der Waals surface area (Å²) in [6.07, 6.45) is -0.148. The number of carbonyl (C=O) groups is 2. The van der Waals surface area contributed by atoms with Crippen molar-refractivity contribution in [3.05, 3.63) is 59.7 Å². The summed E-state index contributed by atoms with van der Waals surface area (Å²) in [7, 11) is 1.32. The standard InChI is InChI=1S/C23H27NO4/c1-23(2,3)13-20(21(25)27-4)24-22(26)28-14-19-17-11-7-5-9-15(17)16-10-6-8-12-18(16)19/h5-12,19-20H,13-14H2,1-4H3,(H,24,26)/t20-/m1/s1. The monoisotopic (exact) mass is 381 g/mol. The fourth-order valence-electron chi connectivity index (χ4n) is 3.73. The van der Waals surface area contributed by atoms with Crippen LogP contribution in [0, 0.1) is 5.41 Å². The van der Waals surface area contributed by atoms with Crippen LogP contribution in [0.1, 0.15) is 44.2 Å². The summed E-state index contributed by atoms with van der Waals surface area (Å²) in [5.41, 5.74) is 4.50. The number of fused-ring (bicyclic) bond motifs is 3. The minimum Gasteiger partial charge on any atom is -0.467 e. The molecule has 1 aliphatic rings. The number of amides is 1. The molecule has 28 heavy (non-hydrogen) atoms. The Morgan fingerprint density at radius 2 is 1.54 bits per heavy atom. The third-order valence-corrected chi connectivity index (χ3v) is 4.94. The molecule has 0 fully saturated rings. The topological polar surface area (TPSA) is 64.6 Å². The van der Waals surface area contributed by atoms with E-state index in [0.29, 0.717) is 6.42 Å². The van der Waals surface area contributed by atoms with E-state index in [1.165, 1.54) is 18.2 Å². The van der Waals surface area contributed by atoms with Gasteiger partial charge in [0, 0.05) is 5.92 Å². The minimum atomic E-state index is -0.736. The Morgan fingerprint density at radius 3 is 2.04 bits per heavy atom. The molecule has 1 amide bonds. The van der Waals surface area contributed by atoms with Crippen molar-refractivity contribution in [3.63, 3.8) is 0 Å². The van der Waals surface area contributed by atoms with E-state index >= 15 is 0 Å². The van der Waals surface area contributed by atoms with Gasteiger partial charge in [-0.25, -0.2) is 9.59 Å². The van der Waals surface area contributed by atoms with Gasteiger partial charge in [0.2, 0.25) is 0 Å². The van der Waals surface area contributed by atoms with Crippen LogP contribution in [0.4, 0.5) is 4.79 Å². The summed E-state index contributed by atoms with van der Waals surface area (Å²) in [6.45, 7) is 6.22. The van der Waals surface area contributed by atoms with Gasteiger partial charge in [-0.05, 0) is 34.1 Å². The number of hydrogen-bond acceptors (Lipinski definition) is 4. The maximum absolute atomic E-state index is 12.4. The van der Waals surface area contributed by atoms with E-state index in [-0.39, 0.29) is 17.9 Å². The zero-order valence-electron chi connectivity index (χ0n) is 16.8. The van der Waals surface area contributed by atoms with Crippen LogP contribution in [0.15, 0.2) is 48.5 Å². The Kier molecular flexibility index (Phi) is 5.73. The molecule has 0 heterocycles. The lowest BCUT2D eigenvalue weighted by atomic mass is 9.88. The Morgan fingerprint density at radius 1 is 1.00 bits per heavy atom. The van der Waals surface area contributed by atoms with E-state index < -0.39 is 18.1 Å². The van der Waals surface area contributed by atoms with Crippen molar-refractivity contribution in [2.24, 2.45) is 5.41 Å². The fraction of sp³-hybridized carbons (Fsp3) is 0.391. The number of esters is 1. The molecule has 1 aliphatic carbocycles. The lowest BCUT2D eigenvalue weighted by Crippen LogP contribution is -2.44. The molecule has 5 nitrogen and oxygen atoms in total. The molecular formula is C23H27NO4. The zero-order valence-corrected chi connectivity index (χ0v) is 16.8. The van der Waals surface area contributed by atoms with Crippen molar-refractivity contribution < 1.29 is 19.1 Å². The van der Waals surface area contributed by atoms with E-state index in [1.54, 1.807) is 0 Å². The van der Waals surface area contributed by atoms with Crippen LogP contribution >= 0.6 is 0 Å². The van der Waals surface area contributed by atoms with Crippen LogP contribution in [0.2, 0.25) is 0 Å². The minimum absolute atomic E-state index is 0.0163. The second-order valence-corrected chi connectivity index (χ2v) is 8.31. The second kappa shape index (κ2) is 8.05. The predicted molar refractivity (Wildman–Crippen MR) is 108 cm³/mol. The molecule has 1 N–H and O–H groups in total. The fourth-order valence-corrected chi connectivity index (χ4v) is 3.73. The molecule has 0 aromatic heterocycles. The number of alkyl carbamates (subject to hydrolysis) is 1. The first-order valence-electron chi connectivity index (χ1n) is 9.49. The largest absolute Gasteiger partial charge is 0.467 e. The van der Waals surface area contributed by atoms with E-state index in [2.05, 4.69) is 29.6 Å². The average molecular weight is 381 g/mol. The normalized spacial score (nSPS) is 14.0. The third kappa shape index (κ3) is 4.35. The van der Waals surface area contributed by atoms with Crippen LogP contribution in [-0.2, 0) is 14.3 Å². The first kappa shape index (κ1) is 19.9. The molecule has 2 aromatic rings. The van der Waals surface area contributed by atoms with Crippen molar-refractivity contribution in [3.8, 4) is 11.1 Å². The van der Waals surface area contributed by atoms with Gasteiger partial charge in [-0.3, -0.25) is 0 Å². The van der Waals surface area contributed by atoms with Crippen LogP contribution in [0.25, 0.3) is 11.1 Å². The molecule has 148 valence electrons. The molecule has 0 aliphatic heterocycles. The predicted octanol–water partition coefficient (Wildman–Crippen LogP) is 4.50. The number of nitrogens with one attached hydrogen (secondary N) is 1. The SMILES string of the molecule is COC(=O)[C@@H](CC(C)(C)C)NC(=O)OCC1c2ccccc2-c2ccccc21. The van der Waals surface area contributed by atoms with E-state index in [0.717, 1.165) is 11.1 Å². The molecule has 5 heteroatoms. The quantitative estimate of drug-likeness (QED) is 0.775. The second-order valence-electron chi connectivity index (χ2n) is 8.31. The molecule has 2 aromatic carbocycles. The summed E-state index contributed by atoms with van der Waals surface area (Å²) in [6, 6.07) is 15.6. The van der Waals surface area contributed by atoms with Crippen LogP contribution < -0.4 is 5.32 Å². The van der Waals surface area contributed by atoms with Crippen molar-refractivity contribution in [2.75, 3.05) is 13.7 Å². The Balaban J connectivity index is 1.70. The Hall–Kier alpha value is -2.82. The molecule has 0 saturated heterocycles. The van der Waals surface area contributed by atoms with Gasteiger partial charge in [-0.15, -0.1) is 0 Å². The molecule has 1 atom stereocenters. The lowest BCUT2D eigenvalue weighted by molar-refractivity contribution is -0.143. The van der Waals surface area contributed by atoms with E-state index in [9.17, 15) is 9.59 Å². The highest BCUT2D eigenvalue weighted by Crippen LogP contribution is 2.44.